The van der Waals surface area contributed by atoms with Crippen molar-refractivity contribution in [2.45, 2.75) is 37.1 Å². The van der Waals surface area contributed by atoms with Crippen LogP contribution in [0.15, 0.2) is 40.6 Å². The van der Waals surface area contributed by atoms with E-state index >= 15 is 0 Å². The van der Waals surface area contributed by atoms with Crippen LogP contribution in [0.1, 0.15) is 37.1 Å². The van der Waals surface area contributed by atoms with E-state index in [1.807, 2.05) is 24.4 Å². The quantitative estimate of drug-likeness (QED) is 0.756. The number of ether oxygens (including phenoxy) is 2. The monoisotopic (exact) mass is 450 g/mol. The number of fused-ring (bicyclic) bond motifs is 1. The first kappa shape index (κ1) is 21.1. The van der Waals surface area contributed by atoms with E-state index in [1.54, 1.807) is 23.5 Å². The van der Waals surface area contributed by atoms with Gasteiger partial charge in [0.15, 0.2) is 11.5 Å². The number of rotatable bonds is 5. The van der Waals surface area contributed by atoms with Gasteiger partial charge in [0, 0.05) is 36.4 Å². The van der Waals surface area contributed by atoms with Crippen LogP contribution >= 0.6 is 11.3 Å². The van der Waals surface area contributed by atoms with E-state index in [0.29, 0.717) is 50.6 Å². The van der Waals surface area contributed by atoms with E-state index in [1.165, 1.54) is 10.4 Å². The highest BCUT2D eigenvalue weighted by Gasteiger charge is 2.33. The van der Waals surface area contributed by atoms with Crippen molar-refractivity contribution in [2.75, 3.05) is 26.3 Å². The van der Waals surface area contributed by atoms with Crippen LogP contribution in [0.4, 0.5) is 0 Å². The molecule has 2 aromatic rings. The molecule has 1 atom stereocenters. The zero-order valence-electron chi connectivity index (χ0n) is 16.9. The van der Waals surface area contributed by atoms with E-state index in [4.69, 9.17) is 9.47 Å². The minimum Gasteiger partial charge on any atom is -0.490 e. The summed E-state index contributed by atoms with van der Waals surface area (Å²) in [6.07, 6.45) is 1.77. The maximum Gasteiger partial charge on any atom is 0.243 e. The molecule has 1 N–H and O–H groups in total. The molecule has 0 saturated carbocycles. The largest absolute Gasteiger partial charge is 0.490 e. The fourth-order valence-corrected chi connectivity index (χ4v) is 5.97. The molecule has 1 saturated heterocycles. The number of hydrogen-bond acceptors (Lipinski definition) is 6. The Hall–Kier alpha value is -2.10. The summed E-state index contributed by atoms with van der Waals surface area (Å²) in [7, 11) is -3.65. The fraction of sp³-hybridized carbons (Fsp3) is 0.476. The number of hydrogen-bond donors (Lipinski definition) is 1. The van der Waals surface area contributed by atoms with E-state index < -0.39 is 10.0 Å². The average Bonchev–Trinajstić information content (AvgIpc) is 3.19. The molecule has 0 unspecified atom stereocenters. The van der Waals surface area contributed by atoms with Gasteiger partial charge in [-0.05, 0) is 43.3 Å². The van der Waals surface area contributed by atoms with E-state index in [-0.39, 0.29) is 22.8 Å². The molecule has 1 amide bonds. The summed E-state index contributed by atoms with van der Waals surface area (Å²) in [6, 6.07) is 8.67. The molecule has 0 aliphatic carbocycles. The number of sulfonamides is 1. The normalized spacial score (nSPS) is 19.1. The Morgan fingerprint density at radius 2 is 1.90 bits per heavy atom. The van der Waals surface area contributed by atoms with Crippen molar-refractivity contribution in [3.8, 4) is 11.5 Å². The maximum atomic E-state index is 13.1. The Kier molecular flexibility index (Phi) is 6.31. The lowest BCUT2D eigenvalue weighted by molar-refractivity contribution is -0.126. The Balaban J connectivity index is 1.38. The van der Waals surface area contributed by atoms with Crippen molar-refractivity contribution >= 4 is 27.3 Å². The number of piperidine rings is 1. The zero-order valence-corrected chi connectivity index (χ0v) is 18.5. The van der Waals surface area contributed by atoms with Crippen molar-refractivity contribution in [1.29, 1.82) is 0 Å². The van der Waals surface area contributed by atoms with Crippen LogP contribution in [0.5, 0.6) is 11.5 Å². The lowest BCUT2D eigenvalue weighted by Crippen LogP contribution is -2.43. The van der Waals surface area contributed by atoms with Gasteiger partial charge in [-0.1, -0.05) is 6.07 Å². The zero-order chi connectivity index (χ0) is 21.1. The first-order valence-corrected chi connectivity index (χ1v) is 12.5. The van der Waals surface area contributed by atoms with E-state index in [0.717, 1.165) is 11.3 Å². The molecule has 2 aliphatic heterocycles. The second-order valence-electron chi connectivity index (χ2n) is 7.58. The van der Waals surface area contributed by atoms with Gasteiger partial charge >= 0.3 is 0 Å². The molecule has 1 aromatic carbocycles. The Bertz CT molecular complexity index is 983. The molecule has 0 spiro atoms. The summed E-state index contributed by atoms with van der Waals surface area (Å²) in [5.41, 5.74) is 0. The Labute approximate surface area is 181 Å². The van der Waals surface area contributed by atoms with Crippen LogP contribution < -0.4 is 14.8 Å². The molecule has 0 bridgehead atoms. The summed E-state index contributed by atoms with van der Waals surface area (Å²) in [4.78, 5) is 13.9. The van der Waals surface area contributed by atoms with Gasteiger partial charge < -0.3 is 14.8 Å². The number of nitrogens with zero attached hydrogens (tertiary/aromatic N) is 1. The third-order valence-corrected chi connectivity index (χ3v) is 8.46. The van der Waals surface area contributed by atoms with Crippen LogP contribution in [-0.2, 0) is 14.8 Å². The van der Waals surface area contributed by atoms with E-state index in [9.17, 15) is 13.2 Å². The molecule has 2 aliphatic rings. The van der Waals surface area contributed by atoms with Gasteiger partial charge in [-0.15, -0.1) is 11.3 Å². The first-order chi connectivity index (χ1) is 14.4. The molecular weight excluding hydrogens is 424 g/mol. The number of amides is 1. The van der Waals surface area contributed by atoms with E-state index in [2.05, 4.69) is 5.32 Å². The summed E-state index contributed by atoms with van der Waals surface area (Å²) in [6.45, 7) is 3.67. The maximum absolute atomic E-state index is 13.1. The molecule has 1 aromatic heterocycles. The SMILES string of the molecule is C[C@@H](NC(=O)C1CCN(S(=O)(=O)c2ccc3c(c2)OCCCO3)CC1)c1cccs1. The number of carbonyl (C=O) groups excluding carboxylic acids is 1. The number of carbonyl (C=O) groups is 1. The van der Waals surface area contributed by atoms with Gasteiger partial charge in [-0.25, -0.2) is 8.42 Å². The minimum absolute atomic E-state index is 0.0106. The average molecular weight is 451 g/mol. The van der Waals surface area contributed by atoms with Gasteiger partial charge in [0.1, 0.15) is 0 Å². The molecule has 3 heterocycles. The van der Waals surface area contributed by atoms with Crippen molar-refractivity contribution in [2.24, 2.45) is 5.92 Å². The van der Waals surface area contributed by atoms with Crippen LogP contribution in [0.25, 0.3) is 0 Å². The highest BCUT2D eigenvalue weighted by molar-refractivity contribution is 7.89. The summed E-state index contributed by atoms with van der Waals surface area (Å²) >= 11 is 1.61. The lowest BCUT2D eigenvalue weighted by atomic mass is 9.97. The highest BCUT2D eigenvalue weighted by Crippen LogP contribution is 2.34. The topological polar surface area (TPSA) is 84.9 Å². The fourth-order valence-electron chi connectivity index (χ4n) is 3.75. The third-order valence-electron chi connectivity index (χ3n) is 5.51. The van der Waals surface area contributed by atoms with Crippen molar-refractivity contribution in [1.82, 2.24) is 9.62 Å². The molecule has 1 fully saturated rings. The minimum atomic E-state index is -3.65. The van der Waals surface area contributed by atoms with Gasteiger partial charge in [0.2, 0.25) is 15.9 Å². The predicted octanol–water partition coefficient (Wildman–Crippen LogP) is 3.19. The van der Waals surface area contributed by atoms with Gasteiger partial charge in [0.25, 0.3) is 0 Å². The Morgan fingerprint density at radius 3 is 2.60 bits per heavy atom. The molecule has 0 radical (unpaired) electrons. The highest BCUT2D eigenvalue weighted by atomic mass is 32.2. The molecule has 4 rings (SSSR count). The van der Waals surface area contributed by atoms with Crippen molar-refractivity contribution in [3.63, 3.8) is 0 Å². The number of thiophene rings is 1. The van der Waals surface area contributed by atoms with Crippen LogP contribution in [0.2, 0.25) is 0 Å². The molecule has 162 valence electrons. The summed E-state index contributed by atoms with van der Waals surface area (Å²) in [5.74, 6) is 0.846. The summed E-state index contributed by atoms with van der Waals surface area (Å²) in [5, 5.41) is 5.04. The smallest absolute Gasteiger partial charge is 0.243 e. The van der Waals surface area contributed by atoms with Gasteiger partial charge in [-0.3, -0.25) is 4.79 Å². The number of benzene rings is 1. The van der Waals surface area contributed by atoms with Crippen molar-refractivity contribution < 1.29 is 22.7 Å². The van der Waals surface area contributed by atoms with Crippen LogP contribution in [0, 0.1) is 5.92 Å². The first-order valence-electron chi connectivity index (χ1n) is 10.2. The molecular formula is C21H26N2O5S2. The van der Waals surface area contributed by atoms with Gasteiger partial charge in [0.05, 0.1) is 24.2 Å². The van der Waals surface area contributed by atoms with Crippen molar-refractivity contribution in [3.05, 3.63) is 40.6 Å². The van der Waals surface area contributed by atoms with Crippen LogP contribution in [0.3, 0.4) is 0 Å². The predicted molar refractivity (Wildman–Crippen MR) is 114 cm³/mol. The Morgan fingerprint density at radius 1 is 1.17 bits per heavy atom. The summed E-state index contributed by atoms with van der Waals surface area (Å²) < 4.78 is 38.9. The third kappa shape index (κ3) is 4.48. The molecule has 9 heteroatoms. The lowest BCUT2D eigenvalue weighted by Gasteiger charge is -2.31. The number of nitrogens with one attached hydrogen (secondary N) is 1. The van der Waals surface area contributed by atoms with Gasteiger partial charge in [-0.2, -0.15) is 4.31 Å². The molecule has 7 nitrogen and oxygen atoms in total. The standard InChI is InChI=1S/C21H26N2O5S2/c1-15(20-4-2-13-29-20)22-21(24)16-7-9-23(10-8-16)30(25,26)17-5-6-18-19(14-17)28-12-3-11-27-18/h2,4-6,13-16H,3,7-12H2,1H3,(H,22,24)/t15-/m1/s1. The van der Waals surface area contributed by atoms with Crippen LogP contribution in [-0.4, -0.2) is 44.9 Å². The molecule has 30 heavy (non-hydrogen) atoms. The second-order valence-corrected chi connectivity index (χ2v) is 10.5. The second kappa shape index (κ2) is 8.95.